The number of fused-ring (bicyclic) bond motifs is 1. The summed E-state index contributed by atoms with van der Waals surface area (Å²) in [5.41, 5.74) is 5.41. The summed E-state index contributed by atoms with van der Waals surface area (Å²) in [6.45, 7) is 12.3. The number of aromatic nitrogens is 2. The molecule has 3 amide bonds. The first-order valence-electron chi connectivity index (χ1n) is 22.1. The van der Waals surface area contributed by atoms with Crippen molar-refractivity contribution in [1.82, 2.24) is 19.8 Å². The van der Waals surface area contributed by atoms with Crippen molar-refractivity contribution in [3.63, 3.8) is 0 Å². The van der Waals surface area contributed by atoms with Crippen LogP contribution < -0.4 is 11.1 Å². The molecule has 0 saturated heterocycles. The Bertz CT molecular complexity index is 1710. The van der Waals surface area contributed by atoms with E-state index in [1.807, 2.05) is 30.3 Å². The molecule has 61 heavy (non-hydrogen) atoms. The van der Waals surface area contributed by atoms with Crippen LogP contribution in [0.1, 0.15) is 168 Å². The highest BCUT2D eigenvalue weighted by Gasteiger charge is 2.41. The fourth-order valence-corrected chi connectivity index (χ4v) is 7.02. The van der Waals surface area contributed by atoms with E-state index in [0.29, 0.717) is 17.8 Å². The van der Waals surface area contributed by atoms with E-state index in [9.17, 15) is 28.8 Å². The summed E-state index contributed by atoms with van der Waals surface area (Å²) >= 11 is 0. The Morgan fingerprint density at radius 2 is 1.39 bits per heavy atom. The maximum Gasteiger partial charge on any atom is 0.420 e. The summed E-state index contributed by atoms with van der Waals surface area (Å²) in [6.07, 6.45) is 11.7. The molecule has 0 bridgehead atoms. The van der Waals surface area contributed by atoms with Gasteiger partial charge < -0.3 is 30.0 Å². The van der Waals surface area contributed by atoms with E-state index in [1.54, 1.807) is 41.5 Å². The lowest BCUT2D eigenvalue weighted by molar-refractivity contribution is -0.155. The van der Waals surface area contributed by atoms with Gasteiger partial charge in [0.15, 0.2) is 0 Å². The topological polar surface area (TPSA) is 198 Å². The largest absolute Gasteiger partial charge is 0.461 e. The molecule has 1 aliphatic heterocycles. The molecule has 15 heteroatoms. The molecule has 0 fully saturated rings. The van der Waals surface area contributed by atoms with Crippen LogP contribution in [0.2, 0.25) is 0 Å². The Morgan fingerprint density at radius 1 is 0.803 bits per heavy atom. The molecule has 3 rings (SSSR count). The van der Waals surface area contributed by atoms with E-state index in [0.717, 1.165) is 31.2 Å². The van der Waals surface area contributed by atoms with Crippen LogP contribution in [0.4, 0.5) is 9.59 Å². The van der Waals surface area contributed by atoms with Crippen molar-refractivity contribution >= 4 is 35.9 Å². The normalized spacial score (nSPS) is 14.9. The molecule has 0 saturated carbocycles. The van der Waals surface area contributed by atoms with Gasteiger partial charge in [0.05, 0.1) is 24.4 Å². The number of carbonyl (C=O) groups excluding carboxylic acids is 6. The van der Waals surface area contributed by atoms with E-state index in [4.69, 9.17) is 24.7 Å². The zero-order valence-corrected chi connectivity index (χ0v) is 37.6. The van der Waals surface area contributed by atoms with Gasteiger partial charge >= 0.3 is 24.1 Å². The number of nitrogens with two attached hydrogens (primary N) is 1. The number of carbonyl (C=O) groups is 6. The van der Waals surface area contributed by atoms with Crippen molar-refractivity contribution in [1.29, 1.82) is 0 Å². The highest BCUT2D eigenvalue weighted by molar-refractivity contribution is 5.90. The van der Waals surface area contributed by atoms with Crippen LogP contribution in [-0.2, 0) is 57.7 Å². The molecule has 0 spiro atoms. The molecule has 0 unspecified atom stereocenters. The van der Waals surface area contributed by atoms with Gasteiger partial charge in [-0.3, -0.25) is 19.3 Å². The molecule has 340 valence electrons. The van der Waals surface area contributed by atoms with Crippen LogP contribution in [0.15, 0.2) is 36.7 Å². The second kappa shape index (κ2) is 25.1. The van der Waals surface area contributed by atoms with E-state index in [-0.39, 0.29) is 45.3 Å². The predicted molar refractivity (Wildman–Crippen MR) is 230 cm³/mol. The first-order chi connectivity index (χ1) is 28.9. The summed E-state index contributed by atoms with van der Waals surface area (Å²) in [5, 5.41) is 2.77. The highest BCUT2D eigenvalue weighted by Crippen LogP contribution is 2.27. The molecule has 15 nitrogen and oxygen atoms in total. The van der Waals surface area contributed by atoms with Crippen LogP contribution >= 0.6 is 0 Å². The second-order valence-corrected chi connectivity index (χ2v) is 18.0. The smallest absolute Gasteiger partial charge is 0.420 e. The number of hydrogen-bond donors (Lipinski definition) is 2. The highest BCUT2D eigenvalue weighted by atomic mass is 16.6. The number of imidazole rings is 1. The average Bonchev–Trinajstić information content (AvgIpc) is 3.60. The lowest BCUT2D eigenvalue weighted by Gasteiger charge is -2.36. The summed E-state index contributed by atoms with van der Waals surface area (Å²) in [7, 11) is 0. The molecule has 3 atom stereocenters. The number of nitrogens with zero attached hydrogens (tertiary/aromatic N) is 3. The minimum Gasteiger partial charge on any atom is -0.461 e. The minimum absolute atomic E-state index is 0.00950. The summed E-state index contributed by atoms with van der Waals surface area (Å²) in [6, 6.07) is 6.76. The molecule has 0 aliphatic carbocycles. The lowest BCUT2D eigenvalue weighted by atomic mass is 10.0. The molecule has 1 aromatic carbocycles. The van der Waals surface area contributed by atoms with Gasteiger partial charge in [-0.2, -0.15) is 0 Å². The molecule has 1 aromatic heterocycles. The first kappa shape index (κ1) is 50.4. The van der Waals surface area contributed by atoms with E-state index in [1.165, 1.54) is 60.7 Å². The van der Waals surface area contributed by atoms with Gasteiger partial charge in [-0.15, -0.1) is 0 Å². The third-order valence-electron chi connectivity index (χ3n) is 10.1. The van der Waals surface area contributed by atoms with Gasteiger partial charge in [-0.25, -0.2) is 23.9 Å². The van der Waals surface area contributed by atoms with E-state index < -0.39 is 65.3 Å². The lowest BCUT2D eigenvalue weighted by Crippen LogP contribution is -2.56. The van der Waals surface area contributed by atoms with Gasteiger partial charge in [0.2, 0.25) is 11.8 Å². The standard InChI is InChI=1S/C46H71N5O10/c1-8-9-10-11-12-13-14-15-16-17-21-25-34(28-39(47)52)59-42(55)35(26-22-27-40(53)58-31-33-23-19-18-20-24-33)49-41(54)37-29-36-38(30-50(37)43(56)60-45(2,3)4)51(32-48-36)44(57)61-46(5,6)7/h18-20,23-24,32,34-35,37H,8-17,21-22,25-31H2,1-7H3,(H2,47,52)(H,49,54)/t34-,35-,37+/m0/s1. The van der Waals surface area contributed by atoms with Gasteiger partial charge in [0.1, 0.15) is 42.3 Å². The van der Waals surface area contributed by atoms with E-state index in [2.05, 4.69) is 17.2 Å². The number of nitrogens with one attached hydrogen (secondary N) is 1. The maximum absolute atomic E-state index is 14.3. The third-order valence-corrected chi connectivity index (χ3v) is 10.1. The van der Waals surface area contributed by atoms with Crippen molar-refractivity contribution in [2.75, 3.05) is 0 Å². The van der Waals surface area contributed by atoms with Crippen LogP contribution in [-0.4, -0.2) is 79.8 Å². The molecule has 1 aliphatic rings. The first-order valence-corrected chi connectivity index (χ1v) is 22.1. The molecular weight excluding hydrogens is 783 g/mol. The number of rotatable bonds is 24. The Labute approximate surface area is 362 Å². The Hall–Kier alpha value is -4.95. The summed E-state index contributed by atoms with van der Waals surface area (Å²) in [5.74, 6) is -2.61. The number of hydrogen-bond acceptors (Lipinski definition) is 11. The summed E-state index contributed by atoms with van der Waals surface area (Å²) < 4.78 is 23.8. The molecule has 0 radical (unpaired) electrons. The number of unbranched alkanes of at least 4 members (excludes halogenated alkanes) is 10. The number of esters is 2. The van der Waals surface area contributed by atoms with Crippen LogP contribution in [0.25, 0.3) is 0 Å². The predicted octanol–water partition coefficient (Wildman–Crippen LogP) is 8.21. The van der Waals surface area contributed by atoms with Crippen molar-refractivity contribution in [2.24, 2.45) is 5.73 Å². The average molecular weight is 854 g/mol. The Kier molecular flexibility index (Phi) is 20.7. The second-order valence-electron chi connectivity index (χ2n) is 18.0. The van der Waals surface area contributed by atoms with Crippen molar-refractivity contribution < 1.29 is 47.7 Å². The van der Waals surface area contributed by atoms with Gasteiger partial charge in [-0.1, -0.05) is 101 Å². The number of ether oxygens (including phenoxy) is 4. The quantitative estimate of drug-likeness (QED) is 0.0586. The zero-order chi connectivity index (χ0) is 45.0. The van der Waals surface area contributed by atoms with Gasteiger partial charge in [0.25, 0.3) is 0 Å². The van der Waals surface area contributed by atoms with Crippen LogP contribution in [0.3, 0.4) is 0 Å². The fourth-order valence-electron chi connectivity index (χ4n) is 7.02. The van der Waals surface area contributed by atoms with Crippen molar-refractivity contribution in [2.45, 2.75) is 200 Å². The maximum atomic E-state index is 14.3. The van der Waals surface area contributed by atoms with Crippen LogP contribution in [0.5, 0.6) is 0 Å². The minimum atomic E-state index is -1.26. The van der Waals surface area contributed by atoms with Crippen molar-refractivity contribution in [3.8, 4) is 0 Å². The number of primary amides is 1. The molecule has 3 N–H and O–H groups in total. The van der Waals surface area contributed by atoms with Crippen LogP contribution in [0, 0.1) is 0 Å². The Morgan fingerprint density at radius 3 is 1.98 bits per heavy atom. The Balaban J connectivity index is 1.76. The summed E-state index contributed by atoms with van der Waals surface area (Å²) in [4.78, 5) is 85.4. The molecular formula is C46H71N5O10. The van der Waals surface area contributed by atoms with Gasteiger partial charge in [0, 0.05) is 12.8 Å². The van der Waals surface area contributed by atoms with E-state index >= 15 is 0 Å². The number of amides is 3. The fraction of sp³-hybridized carbons (Fsp3) is 0.674. The third kappa shape index (κ3) is 19.1. The SMILES string of the molecule is CCCCCCCCCCCCC[C@@H](CC(N)=O)OC(=O)[C@H](CCCC(=O)OCc1ccccc1)NC(=O)[C@H]1Cc2ncn(C(=O)OC(C)(C)C)c2CN1C(=O)OC(C)(C)C. The van der Waals surface area contributed by atoms with Crippen molar-refractivity contribution in [3.05, 3.63) is 53.6 Å². The zero-order valence-electron chi connectivity index (χ0n) is 37.6. The molecule has 2 aromatic rings. The number of benzene rings is 1. The monoisotopic (exact) mass is 854 g/mol. The van der Waals surface area contributed by atoms with Gasteiger partial charge in [-0.05, 0) is 72.8 Å². The molecule has 2 heterocycles.